The lowest BCUT2D eigenvalue weighted by molar-refractivity contribution is 0.411. The molecule has 2 rings (SSSR count). The van der Waals surface area contributed by atoms with Crippen LogP contribution in [0.1, 0.15) is 36.5 Å². The molecule has 2 N–H and O–H groups in total. The average molecular weight is 496 g/mol. The third-order valence-corrected chi connectivity index (χ3v) is 4.81. The Morgan fingerprint density at radius 3 is 2.61 bits per heavy atom. The van der Waals surface area contributed by atoms with Crippen LogP contribution in [-0.2, 0) is 6.42 Å². The molecule has 0 amide bonds. The number of aliphatic imine (C=N–C) groups is 1. The van der Waals surface area contributed by atoms with Gasteiger partial charge in [-0.3, -0.25) is 9.98 Å². The number of halogens is 1. The van der Waals surface area contributed by atoms with Gasteiger partial charge in [0.2, 0.25) is 0 Å². The van der Waals surface area contributed by atoms with Crippen molar-refractivity contribution in [1.29, 1.82) is 0 Å². The van der Waals surface area contributed by atoms with Gasteiger partial charge in [0.25, 0.3) is 0 Å². The van der Waals surface area contributed by atoms with Gasteiger partial charge in [-0.05, 0) is 48.1 Å². The maximum Gasteiger partial charge on any atom is 0.191 e. The van der Waals surface area contributed by atoms with Crippen molar-refractivity contribution in [3.63, 3.8) is 0 Å². The zero-order chi connectivity index (χ0) is 19.6. The largest absolute Gasteiger partial charge is 0.496 e. The topological polar surface area (TPSA) is 58.5 Å². The number of hydrogen-bond donors (Lipinski definition) is 2. The van der Waals surface area contributed by atoms with Crippen LogP contribution in [0.25, 0.3) is 0 Å². The summed E-state index contributed by atoms with van der Waals surface area (Å²) in [7, 11) is 3.52. The van der Waals surface area contributed by atoms with Gasteiger partial charge in [0.1, 0.15) is 5.75 Å². The number of rotatable bonds is 8. The van der Waals surface area contributed by atoms with Gasteiger partial charge in [-0.2, -0.15) is 0 Å². The summed E-state index contributed by atoms with van der Waals surface area (Å²) in [6.07, 6.45) is 4.68. The molecule has 0 aliphatic rings. The molecule has 0 spiro atoms. The Kier molecular flexibility index (Phi) is 10.9. The maximum absolute atomic E-state index is 5.40. The van der Waals surface area contributed by atoms with Gasteiger partial charge < -0.3 is 15.4 Å². The van der Waals surface area contributed by atoms with E-state index in [1.165, 1.54) is 11.1 Å². The van der Waals surface area contributed by atoms with Crippen LogP contribution in [0.5, 0.6) is 5.75 Å². The standard InChI is InChI=1S/C22H32N4O.HI/c1-16(2)20(19-7-6-11-24-14-19)15-26-22(23-4)25-12-10-18-9-8-17(3)21(13-18)27-5;/h6-9,11,13-14,16,20H,10,12,15H2,1-5H3,(H2,23,25,26);1H. The van der Waals surface area contributed by atoms with Crippen LogP contribution in [0.15, 0.2) is 47.7 Å². The molecule has 28 heavy (non-hydrogen) atoms. The minimum Gasteiger partial charge on any atom is -0.496 e. The molecule has 5 nitrogen and oxygen atoms in total. The molecular formula is C22H33IN4O. The van der Waals surface area contributed by atoms with E-state index in [9.17, 15) is 0 Å². The number of hydrogen-bond acceptors (Lipinski definition) is 3. The Hall–Kier alpha value is -1.83. The van der Waals surface area contributed by atoms with Crippen LogP contribution in [0.4, 0.5) is 0 Å². The van der Waals surface area contributed by atoms with Crippen LogP contribution in [-0.4, -0.2) is 38.2 Å². The Labute approximate surface area is 186 Å². The number of methoxy groups -OCH3 is 1. The lowest BCUT2D eigenvalue weighted by Gasteiger charge is -2.23. The predicted octanol–water partition coefficient (Wildman–Crippen LogP) is 4.16. The molecule has 0 aliphatic carbocycles. The number of nitrogens with zero attached hydrogens (tertiary/aromatic N) is 2. The van der Waals surface area contributed by atoms with E-state index in [0.717, 1.165) is 36.8 Å². The van der Waals surface area contributed by atoms with Gasteiger partial charge in [0, 0.05) is 38.4 Å². The molecule has 0 fully saturated rings. The highest BCUT2D eigenvalue weighted by Crippen LogP contribution is 2.22. The molecule has 0 saturated carbocycles. The van der Waals surface area contributed by atoms with Gasteiger partial charge in [-0.1, -0.05) is 32.0 Å². The van der Waals surface area contributed by atoms with E-state index in [1.54, 1.807) is 14.2 Å². The third-order valence-electron chi connectivity index (χ3n) is 4.81. The maximum atomic E-state index is 5.40. The zero-order valence-electron chi connectivity index (χ0n) is 17.5. The van der Waals surface area contributed by atoms with Gasteiger partial charge in [-0.25, -0.2) is 0 Å². The van der Waals surface area contributed by atoms with Gasteiger partial charge in [0.15, 0.2) is 5.96 Å². The summed E-state index contributed by atoms with van der Waals surface area (Å²) in [6, 6.07) is 10.5. The first-order chi connectivity index (χ1) is 13.0. The van der Waals surface area contributed by atoms with Crippen molar-refractivity contribution >= 4 is 29.9 Å². The molecule has 2 aromatic rings. The summed E-state index contributed by atoms with van der Waals surface area (Å²) < 4.78 is 5.40. The Bertz CT molecular complexity index is 735. The summed E-state index contributed by atoms with van der Waals surface area (Å²) in [5, 5.41) is 6.85. The number of pyridine rings is 1. The van der Waals surface area contributed by atoms with E-state index < -0.39 is 0 Å². The summed E-state index contributed by atoms with van der Waals surface area (Å²) in [5.74, 6) is 2.66. The Balaban J connectivity index is 0.00000392. The predicted molar refractivity (Wildman–Crippen MR) is 128 cm³/mol. The highest BCUT2D eigenvalue weighted by molar-refractivity contribution is 14.0. The number of ether oxygens (including phenoxy) is 1. The fraction of sp³-hybridized carbons (Fsp3) is 0.455. The molecular weight excluding hydrogens is 463 g/mol. The second-order valence-corrected chi connectivity index (χ2v) is 7.07. The molecule has 0 aliphatic heterocycles. The van der Waals surface area contributed by atoms with Crippen LogP contribution in [0, 0.1) is 12.8 Å². The van der Waals surface area contributed by atoms with Crippen molar-refractivity contribution in [1.82, 2.24) is 15.6 Å². The number of aromatic nitrogens is 1. The lowest BCUT2D eigenvalue weighted by atomic mass is 9.89. The van der Waals surface area contributed by atoms with E-state index in [2.05, 4.69) is 65.6 Å². The van der Waals surface area contributed by atoms with Crippen LogP contribution < -0.4 is 15.4 Å². The molecule has 1 aromatic carbocycles. The van der Waals surface area contributed by atoms with E-state index in [4.69, 9.17) is 4.74 Å². The fourth-order valence-corrected chi connectivity index (χ4v) is 3.11. The SMILES string of the molecule is CN=C(NCCc1ccc(C)c(OC)c1)NCC(c1cccnc1)C(C)C.I. The molecule has 0 radical (unpaired) electrons. The van der Waals surface area contributed by atoms with Gasteiger partial charge in [0.05, 0.1) is 7.11 Å². The van der Waals surface area contributed by atoms with Crippen molar-refractivity contribution in [3.8, 4) is 5.75 Å². The highest BCUT2D eigenvalue weighted by Gasteiger charge is 2.16. The van der Waals surface area contributed by atoms with Crippen LogP contribution in [0.2, 0.25) is 0 Å². The van der Waals surface area contributed by atoms with E-state index in [-0.39, 0.29) is 24.0 Å². The molecule has 1 heterocycles. The van der Waals surface area contributed by atoms with Crippen molar-refractivity contribution in [2.24, 2.45) is 10.9 Å². The summed E-state index contributed by atoms with van der Waals surface area (Å²) >= 11 is 0. The number of aryl methyl sites for hydroxylation is 1. The molecule has 1 unspecified atom stereocenters. The second-order valence-electron chi connectivity index (χ2n) is 7.07. The van der Waals surface area contributed by atoms with Crippen molar-refractivity contribution in [3.05, 3.63) is 59.4 Å². The minimum absolute atomic E-state index is 0. The van der Waals surface area contributed by atoms with Crippen LogP contribution in [0.3, 0.4) is 0 Å². The summed E-state index contributed by atoms with van der Waals surface area (Å²) in [6.45, 7) is 8.16. The van der Waals surface area contributed by atoms with Crippen molar-refractivity contribution < 1.29 is 4.74 Å². The molecule has 0 bridgehead atoms. The first-order valence-electron chi connectivity index (χ1n) is 9.53. The Morgan fingerprint density at radius 2 is 2.00 bits per heavy atom. The van der Waals surface area contributed by atoms with E-state index in [0.29, 0.717) is 11.8 Å². The number of benzene rings is 1. The summed E-state index contributed by atoms with van der Waals surface area (Å²) in [5.41, 5.74) is 3.65. The minimum atomic E-state index is 0. The third kappa shape index (κ3) is 7.30. The second kappa shape index (κ2) is 12.6. The van der Waals surface area contributed by atoms with Crippen LogP contribution >= 0.6 is 24.0 Å². The Morgan fingerprint density at radius 1 is 1.21 bits per heavy atom. The zero-order valence-corrected chi connectivity index (χ0v) is 19.9. The monoisotopic (exact) mass is 496 g/mol. The summed E-state index contributed by atoms with van der Waals surface area (Å²) in [4.78, 5) is 8.60. The molecule has 1 aromatic heterocycles. The quantitative estimate of drug-likeness (QED) is 0.328. The van der Waals surface area contributed by atoms with Gasteiger partial charge >= 0.3 is 0 Å². The van der Waals surface area contributed by atoms with E-state index in [1.807, 2.05) is 18.5 Å². The average Bonchev–Trinajstić information content (AvgIpc) is 2.68. The van der Waals surface area contributed by atoms with Gasteiger partial charge in [-0.15, -0.1) is 24.0 Å². The number of guanidine groups is 1. The normalized spacial score (nSPS) is 12.3. The highest BCUT2D eigenvalue weighted by atomic mass is 127. The first-order valence-corrected chi connectivity index (χ1v) is 9.53. The molecule has 154 valence electrons. The first kappa shape index (κ1) is 24.2. The van der Waals surface area contributed by atoms with E-state index >= 15 is 0 Å². The van der Waals surface area contributed by atoms with Crippen molar-refractivity contribution in [2.45, 2.75) is 33.1 Å². The smallest absolute Gasteiger partial charge is 0.191 e. The lowest BCUT2D eigenvalue weighted by Crippen LogP contribution is -2.40. The number of nitrogens with one attached hydrogen (secondary N) is 2. The fourth-order valence-electron chi connectivity index (χ4n) is 3.11. The molecule has 0 saturated heterocycles. The molecule has 6 heteroatoms. The molecule has 1 atom stereocenters. The van der Waals surface area contributed by atoms with Crippen molar-refractivity contribution in [2.75, 3.05) is 27.2 Å².